The molecule has 0 saturated carbocycles. The van der Waals surface area contributed by atoms with E-state index in [4.69, 9.17) is 0 Å². The molecule has 2 nitrogen and oxygen atoms in total. The van der Waals surface area contributed by atoms with Crippen LogP contribution >= 0.6 is 11.8 Å². The molecular formula is C13H18FNOS. The first kappa shape index (κ1) is 14.0. The fraction of sp³-hybridized carbons (Fsp3) is 0.462. The molecule has 1 N–H and O–H groups in total. The van der Waals surface area contributed by atoms with Crippen LogP contribution in [0.15, 0.2) is 18.2 Å². The summed E-state index contributed by atoms with van der Waals surface area (Å²) in [5, 5.41) is 2.76. The highest BCUT2D eigenvalue weighted by molar-refractivity contribution is 7.98. The maximum absolute atomic E-state index is 13.7. The number of nitrogens with one attached hydrogen (secondary N) is 1. The molecule has 0 radical (unpaired) electrons. The third-order valence-corrected chi connectivity index (χ3v) is 3.40. The second kappa shape index (κ2) is 6.64. The molecule has 1 rings (SSSR count). The largest absolute Gasteiger partial charge is 0.352 e. The van der Waals surface area contributed by atoms with Crippen LogP contribution in [-0.4, -0.2) is 24.5 Å². The first-order chi connectivity index (χ1) is 8.06. The lowest BCUT2D eigenvalue weighted by molar-refractivity contribution is 0.0945. The van der Waals surface area contributed by atoms with E-state index >= 15 is 0 Å². The van der Waals surface area contributed by atoms with Gasteiger partial charge in [-0.15, -0.1) is 0 Å². The SMILES string of the molecule is CSCC(C)CNC(=O)c1cccc(C)c1F. The smallest absolute Gasteiger partial charge is 0.254 e. The second-order valence-corrected chi connectivity index (χ2v) is 5.12. The lowest BCUT2D eigenvalue weighted by atomic mass is 10.1. The van der Waals surface area contributed by atoms with Crippen LogP contribution in [0.25, 0.3) is 0 Å². The van der Waals surface area contributed by atoms with Crippen molar-refractivity contribution >= 4 is 17.7 Å². The molecule has 17 heavy (non-hydrogen) atoms. The summed E-state index contributed by atoms with van der Waals surface area (Å²) < 4.78 is 13.7. The molecule has 4 heteroatoms. The zero-order valence-corrected chi connectivity index (χ0v) is 11.2. The van der Waals surface area contributed by atoms with Gasteiger partial charge in [0.1, 0.15) is 5.82 Å². The van der Waals surface area contributed by atoms with Crippen molar-refractivity contribution in [1.82, 2.24) is 5.32 Å². The van der Waals surface area contributed by atoms with Gasteiger partial charge in [0, 0.05) is 6.54 Å². The van der Waals surface area contributed by atoms with E-state index in [9.17, 15) is 9.18 Å². The molecule has 1 atom stereocenters. The number of hydrogen-bond acceptors (Lipinski definition) is 2. The average Bonchev–Trinajstić information content (AvgIpc) is 2.30. The molecule has 1 aromatic rings. The first-order valence-corrected chi connectivity index (χ1v) is 6.98. The van der Waals surface area contributed by atoms with Crippen LogP contribution in [-0.2, 0) is 0 Å². The Hall–Kier alpha value is -1.03. The summed E-state index contributed by atoms with van der Waals surface area (Å²) in [6.45, 7) is 4.29. The van der Waals surface area contributed by atoms with E-state index in [-0.39, 0.29) is 11.5 Å². The summed E-state index contributed by atoms with van der Waals surface area (Å²) in [7, 11) is 0. The van der Waals surface area contributed by atoms with Crippen molar-refractivity contribution in [1.29, 1.82) is 0 Å². The van der Waals surface area contributed by atoms with Crippen molar-refractivity contribution in [3.8, 4) is 0 Å². The summed E-state index contributed by atoms with van der Waals surface area (Å²) in [6.07, 6.45) is 2.03. The number of amides is 1. The molecule has 0 aliphatic rings. The fourth-order valence-corrected chi connectivity index (χ4v) is 2.22. The number of benzene rings is 1. The normalized spacial score (nSPS) is 12.2. The summed E-state index contributed by atoms with van der Waals surface area (Å²) >= 11 is 1.74. The molecule has 0 aromatic heterocycles. The average molecular weight is 255 g/mol. The Labute approximate surface area is 106 Å². The predicted molar refractivity (Wildman–Crippen MR) is 71.0 cm³/mol. The highest BCUT2D eigenvalue weighted by Gasteiger charge is 2.13. The minimum Gasteiger partial charge on any atom is -0.352 e. The molecule has 0 fully saturated rings. The number of rotatable bonds is 5. The van der Waals surface area contributed by atoms with Crippen molar-refractivity contribution in [3.05, 3.63) is 35.1 Å². The van der Waals surface area contributed by atoms with Crippen LogP contribution in [0.1, 0.15) is 22.8 Å². The van der Waals surface area contributed by atoms with Crippen LogP contribution in [0, 0.1) is 18.7 Å². The van der Waals surface area contributed by atoms with Gasteiger partial charge < -0.3 is 5.32 Å². The van der Waals surface area contributed by atoms with Crippen molar-refractivity contribution in [2.24, 2.45) is 5.92 Å². The molecule has 0 bridgehead atoms. The molecule has 94 valence electrons. The zero-order chi connectivity index (χ0) is 12.8. The molecule has 0 saturated heterocycles. The van der Waals surface area contributed by atoms with Gasteiger partial charge in [0.05, 0.1) is 5.56 Å². The molecule has 0 spiro atoms. The Morgan fingerprint density at radius 2 is 2.24 bits per heavy atom. The lowest BCUT2D eigenvalue weighted by Gasteiger charge is -2.12. The lowest BCUT2D eigenvalue weighted by Crippen LogP contribution is -2.29. The maximum atomic E-state index is 13.7. The minimum atomic E-state index is -0.428. The minimum absolute atomic E-state index is 0.126. The standard InChI is InChI=1S/C13H18FNOS/c1-9(8-17-3)7-15-13(16)11-6-4-5-10(2)12(11)14/h4-6,9H,7-8H2,1-3H3,(H,15,16). The fourth-order valence-electron chi connectivity index (χ4n) is 1.53. The van der Waals surface area contributed by atoms with E-state index in [1.165, 1.54) is 6.07 Å². The van der Waals surface area contributed by atoms with E-state index in [0.717, 1.165) is 5.75 Å². The Bertz CT molecular complexity index is 395. The first-order valence-electron chi connectivity index (χ1n) is 5.58. The highest BCUT2D eigenvalue weighted by Crippen LogP contribution is 2.12. The van der Waals surface area contributed by atoms with E-state index in [0.29, 0.717) is 18.0 Å². The van der Waals surface area contributed by atoms with Crippen LogP contribution in [0.5, 0.6) is 0 Å². The molecular weight excluding hydrogens is 237 g/mol. The highest BCUT2D eigenvalue weighted by atomic mass is 32.2. The molecule has 1 aromatic carbocycles. The monoisotopic (exact) mass is 255 g/mol. The molecule has 0 aliphatic carbocycles. The van der Waals surface area contributed by atoms with Crippen molar-refractivity contribution in [3.63, 3.8) is 0 Å². The third kappa shape index (κ3) is 4.04. The van der Waals surface area contributed by atoms with Gasteiger partial charge in [-0.1, -0.05) is 19.1 Å². The van der Waals surface area contributed by atoms with Gasteiger partial charge in [-0.2, -0.15) is 11.8 Å². The third-order valence-electron chi connectivity index (χ3n) is 2.50. The van der Waals surface area contributed by atoms with E-state index in [1.54, 1.807) is 30.8 Å². The topological polar surface area (TPSA) is 29.1 Å². The number of hydrogen-bond donors (Lipinski definition) is 1. The quantitative estimate of drug-likeness (QED) is 0.876. The van der Waals surface area contributed by atoms with Gasteiger partial charge >= 0.3 is 0 Å². The van der Waals surface area contributed by atoms with Gasteiger partial charge in [0.2, 0.25) is 0 Å². The van der Waals surface area contributed by atoms with Gasteiger partial charge in [-0.25, -0.2) is 4.39 Å². The van der Waals surface area contributed by atoms with Gasteiger partial charge in [-0.3, -0.25) is 4.79 Å². The van der Waals surface area contributed by atoms with Crippen LogP contribution < -0.4 is 5.32 Å². The molecule has 1 amide bonds. The second-order valence-electron chi connectivity index (χ2n) is 4.21. The van der Waals surface area contributed by atoms with Crippen molar-refractivity contribution in [2.45, 2.75) is 13.8 Å². The number of carbonyl (C=O) groups excluding carboxylic acids is 1. The molecule has 0 heterocycles. The van der Waals surface area contributed by atoms with E-state index < -0.39 is 5.82 Å². The Morgan fingerprint density at radius 1 is 1.53 bits per heavy atom. The Balaban J connectivity index is 2.61. The van der Waals surface area contributed by atoms with Crippen LogP contribution in [0.3, 0.4) is 0 Å². The predicted octanol–water partition coefficient (Wildman–Crippen LogP) is 2.86. The van der Waals surface area contributed by atoms with E-state index in [2.05, 4.69) is 12.2 Å². The van der Waals surface area contributed by atoms with E-state index in [1.807, 2.05) is 6.26 Å². The summed E-state index contributed by atoms with van der Waals surface area (Å²) in [5.41, 5.74) is 0.621. The number of carbonyl (C=O) groups is 1. The van der Waals surface area contributed by atoms with Crippen LogP contribution in [0.4, 0.5) is 4.39 Å². The Morgan fingerprint density at radius 3 is 2.88 bits per heavy atom. The van der Waals surface area contributed by atoms with Gasteiger partial charge in [0.25, 0.3) is 5.91 Å². The maximum Gasteiger partial charge on any atom is 0.254 e. The summed E-state index contributed by atoms with van der Waals surface area (Å²) in [5.74, 6) is 0.611. The van der Waals surface area contributed by atoms with Gasteiger partial charge in [-0.05, 0) is 36.5 Å². The number of halogens is 1. The molecule has 0 aliphatic heterocycles. The summed E-state index contributed by atoms with van der Waals surface area (Å²) in [6, 6.07) is 4.86. The number of aryl methyl sites for hydroxylation is 1. The Kier molecular flexibility index (Phi) is 5.48. The van der Waals surface area contributed by atoms with Gasteiger partial charge in [0.15, 0.2) is 0 Å². The van der Waals surface area contributed by atoms with Crippen molar-refractivity contribution < 1.29 is 9.18 Å². The number of thioether (sulfide) groups is 1. The zero-order valence-electron chi connectivity index (χ0n) is 10.4. The van der Waals surface area contributed by atoms with Crippen molar-refractivity contribution in [2.75, 3.05) is 18.6 Å². The van der Waals surface area contributed by atoms with Crippen LogP contribution in [0.2, 0.25) is 0 Å². The molecule has 1 unspecified atom stereocenters. The summed E-state index contributed by atoms with van der Waals surface area (Å²) in [4.78, 5) is 11.8.